The van der Waals surface area contributed by atoms with Crippen LogP contribution in [0.15, 0.2) is 60.3 Å². The van der Waals surface area contributed by atoms with E-state index in [2.05, 4.69) is 5.10 Å². The Morgan fingerprint density at radius 1 is 1.15 bits per heavy atom. The summed E-state index contributed by atoms with van der Waals surface area (Å²) >= 11 is 0. The van der Waals surface area contributed by atoms with Crippen LogP contribution in [0.3, 0.4) is 0 Å². The third kappa shape index (κ3) is 3.40. The third-order valence-corrected chi connectivity index (χ3v) is 4.19. The zero-order valence-corrected chi connectivity index (χ0v) is 14.5. The SMILES string of the molecule is Cc1ccc(-c2nn(-c3ccccc3)cc2/C=C(\C#N)C(=O)O)cc1C. The molecule has 5 heteroatoms. The van der Waals surface area contributed by atoms with E-state index in [0.29, 0.717) is 11.3 Å². The smallest absolute Gasteiger partial charge is 0.346 e. The average molecular weight is 343 g/mol. The zero-order valence-electron chi connectivity index (χ0n) is 14.5. The van der Waals surface area contributed by atoms with Crippen LogP contribution in [-0.4, -0.2) is 20.9 Å². The van der Waals surface area contributed by atoms with Gasteiger partial charge in [-0.05, 0) is 49.2 Å². The fraction of sp³-hybridized carbons (Fsp3) is 0.0952. The Morgan fingerprint density at radius 3 is 2.50 bits per heavy atom. The minimum atomic E-state index is -1.26. The van der Waals surface area contributed by atoms with E-state index in [9.17, 15) is 9.90 Å². The lowest BCUT2D eigenvalue weighted by Crippen LogP contribution is -1.97. The Hall–Kier alpha value is -3.65. The van der Waals surface area contributed by atoms with Crippen LogP contribution in [0.25, 0.3) is 23.0 Å². The number of benzene rings is 2. The van der Waals surface area contributed by atoms with E-state index in [1.807, 2.05) is 62.4 Å². The van der Waals surface area contributed by atoms with Gasteiger partial charge in [-0.15, -0.1) is 0 Å². The van der Waals surface area contributed by atoms with E-state index in [4.69, 9.17) is 5.26 Å². The van der Waals surface area contributed by atoms with Gasteiger partial charge >= 0.3 is 5.97 Å². The van der Waals surface area contributed by atoms with E-state index in [1.54, 1.807) is 16.9 Å². The highest BCUT2D eigenvalue weighted by Crippen LogP contribution is 2.27. The second kappa shape index (κ2) is 7.08. The first-order valence-corrected chi connectivity index (χ1v) is 8.07. The van der Waals surface area contributed by atoms with Gasteiger partial charge in [0.15, 0.2) is 0 Å². The topological polar surface area (TPSA) is 78.9 Å². The molecule has 26 heavy (non-hydrogen) atoms. The number of carboxylic acid groups (broad SMARTS) is 1. The number of nitrogens with zero attached hydrogens (tertiary/aromatic N) is 3. The van der Waals surface area contributed by atoms with Crippen molar-refractivity contribution in [2.45, 2.75) is 13.8 Å². The molecule has 0 fully saturated rings. The zero-order chi connectivity index (χ0) is 18.7. The number of hydrogen-bond acceptors (Lipinski definition) is 3. The lowest BCUT2D eigenvalue weighted by molar-refractivity contribution is -0.132. The molecule has 0 aliphatic rings. The normalized spacial score (nSPS) is 11.2. The van der Waals surface area contributed by atoms with Crippen molar-refractivity contribution in [2.75, 3.05) is 0 Å². The van der Waals surface area contributed by atoms with Gasteiger partial charge in [-0.2, -0.15) is 10.4 Å². The first kappa shape index (κ1) is 17.2. The first-order chi connectivity index (χ1) is 12.5. The van der Waals surface area contributed by atoms with Crippen LogP contribution in [0.1, 0.15) is 16.7 Å². The molecule has 1 aromatic heterocycles. The molecule has 128 valence electrons. The van der Waals surface area contributed by atoms with E-state index in [1.165, 1.54) is 6.08 Å². The van der Waals surface area contributed by atoms with E-state index >= 15 is 0 Å². The molecule has 0 saturated carbocycles. The number of hydrogen-bond donors (Lipinski definition) is 1. The molecule has 0 aliphatic heterocycles. The molecule has 0 saturated heterocycles. The Balaban J connectivity index is 2.21. The Morgan fingerprint density at radius 2 is 1.88 bits per heavy atom. The molecule has 2 aromatic carbocycles. The van der Waals surface area contributed by atoms with Gasteiger partial charge in [-0.1, -0.05) is 30.3 Å². The van der Waals surface area contributed by atoms with Crippen molar-refractivity contribution in [3.63, 3.8) is 0 Å². The molecular formula is C21H17N3O2. The maximum Gasteiger partial charge on any atom is 0.346 e. The summed E-state index contributed by atoms with van der Waals surface area (Å²) in [4.78, 5) is 11.2. The van der Waals surface area contributed by atoms with Crippen LogP contribution in [0.4, 0.5) is 0 Å². The van der Waals surface area contributed by atoms with Crippen LogP contribution in [0, 0.1) is 25.2 Å². The van der Waals surface area contributed by atoms with Crippen LogP contribution in [-0.2, 0) is 4.79 Å². The standard InChI is InChI=1S/C21H17N3O2/c1-14-8-9-16(10-15(14)2)20-18(11-17(12-22)21(25)26)13-24(23-20)19-6-4-3-5-7-19/h3-11,13H,1-2H3,(H,25,26)/b17-11+. The lowest BCUT2D eigenvalue weighted by Gasteiger charge is -2.04. The number of carboxylic acids is 1. The van der Waals surface area contributed by atoms with Crippen molar-refractivity contribution in [1.82, 2.24) is 9.78 Å². The largest absolute Gasteiger partial charge is 0.477 e. The van der Waals surface area contributed by atoms with Gasteiger partial charge in [0.25, 0.3) is 0 Å². The summed E-state index contributed by atoms with van der Waals surface area (Å²) in [5, 5.41) is 22.9. The predicted molar refractivity (Wildman–Crippen MR) is 99.7 cm³/mol. The third-order valence-electron chi connectivity index (χ3n) is 4.19. The quantitative estimate of drug-likeness (QED) is 0.570. The molecule has 0 atom stereocenters. The van der Waals surface area contributed by atoms with E-state index < -0.39 is 5.97 Å². The highest BCUT2D eigenvalue weighted by molar-refractivity contribution is 5.97. The van der Waals surface area contributed by atoms with Gasteiger partial charge in [-0.25, -0.2) is 9.48 Å². The van der Waals surface area contributed by atoms with Crippen molar-refractivity contribution >= 4 is 12.0 Å². The van der Waals surface area contributed by atoms with Crippen LogP contribution in [0.2, 0.25) is 0 Å². The highest BCUT2D eigenvalue weighted by atomic mass is 16.4. The maximum atomic E-state index is 11.2. The summed E-state index contributed by atoms with van der Waals surface area (Å²) in [7, 11) is 0. The van der Waals surface area contributed by atoms with Gasteiger partial charge in [0.1, 0.15) is 17.3 Å². The molecule has 0 radical (unpaired) electrons. The fourth-order valence-corrected chi connectivity index (χ4v) is 2.62. The number of aliphatic carboxylic acids is 1. The number of rotatable bonds is 4. The second-order valence-electron chi connectivity index (χ2n) is 5.99. The maximum absolute atomic E-state index is 11.2. The molecule has 3 rings (SSSR count). The Kier molecular flexibility index (Phi) is 4.68. The van der Waals surface area contributed by atoms with Crippen LogP contribution >= 0.6 is 0 Å². The Bertz CT molecular complexity index is 1040. The summed E-state index contributed by atoms with van der Waals surface area (Å²) < 4.78 is 1.69. The summed E-state index contributed by atoms with van der Waals surface area (Å²) in [6, 6.07) is 17.2. The number of nitriles is 1. The van der Waals surface area contributed by atoms with Crippen molar-refractivity contribution in [3.8, 4) is 23.0 Å². The Labute approximate surface area is 151 Å². The molecule has 0 unspecified atom stereocenters. The minimum absolute atomic E-state index is 0.331. The molecular weight excluding hydrogens is 326 g/mol. The summed E-state index contributed by atoms with van der Waals surface area (Å²) in [6.45, 7) is 4.04. The molecule has 0 bridgehead atoms. The van der Waals surface area contributed by atoms with Crippen LogP contribution < -0.4 is 0 Å². The van der Waals surface area contributed by atoms with E-state index in [-0.39, 0.29) is 5.57 Å². The summed E-state index contributed by atoms with van der Waals surface area (Å²) in [5.74, 6) is -1.26. The molecule has 1 N–H and O–H groups in total. The molecule has 5 nitrogen and oxygen atoms in total. The van der Waals surface area contributed by atoms with Gasteiger partial charge in [-0.3, -0.25) is 0 Å². The van der Waals surface area contributed by atoms with Crippen LogP contribution in [0.5, 0.6) is 0 Å². The number of aromatic nitrogens is 2. The average Bonchev–Trinajstić information content (AvgIpc) is 3.06. The number of para-hydroxylation sites is 1. The molecule has 1 heterocycles. The monoisotopic (exact) mass is 343 g/mol. The number of carbonyl (C=O) groups is 1. The number of aryl methyl sites for hydroxylation is 2. The van der Waals surface area contributed by atoms with Crippen molar-refractivity contribution < 1.29 is 9.90 Å². The van der Waals surface area contributed by atoms with E-state index in [0.717, 1.165) is 22.4 Å². The summed E-state index contributed by atoms with van der Waals surface area (Å²) in [6.07, 6.45) is 3.10. The molecule has 0 aliphatic carbocycles. The van der Waals surface area contributed by atoms with Crippen molar-refractivity contribution in [2.24, 2.45) is 0 Å². The lowest BCUT2D eigenvalue weighted by atomic mass is 10.0. The molecule has 0 amide bonds. The minimum Gasteiger partial charge on any atom is -0.477 e. The van der Waals surface area contributed by atoms with Gasteiger partial charge in [0.05, 0.1) is 5.69 Å². The van der Waals surface area contributed by atoms with Gasteiger partial charge in [0.2, 0.25) is 0 Å². The fourth-order valence-electron chi connectivity index (χ4n) is 2.62. The second-order valence-corrected chi connectivity index (χ2v) is 5.99. The van der Waals surface area contributed by atoms with Crippen molar-refractivity contribution in [1.29, 1.82) is 5.26 Å². The first-order valence-electron chi connectivity index (χ1n) is 8.07. The highest BCUT2D eigenvalue weighted by Gasteiger charge is 2.14. The van der Waals surface area contributed by atoms with Gasteiger partial charge < -0.3 is 5.11 Å². The molecule has 0 spiro atoms. The summed E-state index contributed by atoms with van der Waals surface area (Å²) in [5.41, 5.74) is 4.88. The van der Waals surface area contributed by atoms with Crippen molar-refractivity contribution in [3.05, 3.63) is 77.0 Å². The van der Waals surface area contributed by atoms with Gasteiger partial charge in [0, 0.05) is 17.3 Å². The predicted octanol–water partition coefficient (Wildman–Crippen LogP) is 4.15. The molecule has 3 aromatic rings.